The Bertz CT molecular complexity index is 209. The van der Waals surface area contributed by atoms with E-state index in [0.29, 0.717) is 13.2 Å². The SMILES string of the molecule is COCCNC(=O)C(C)NC(=O)CCN. The van der Waals surface area contributed by atoms with Crippen molar-refractivity contribution in [2.45, 2.75) is 19.4 Å². The third-order valence-electron chi connectivity index (χ3n) is 1.75. The van der Waals surface area contributed by atoms with E-state index in [1.165, 1.54) is 0 Å². The first-order chi connectivity index (χ1) is 7.11. The molecule has 0 saturated carbocycles. The van der Waals surface area contributed by atoms with Gasteiger partial charge < -0.3 is 21.1 Å². The molecular formula is C9H19N3O3. The van der Waals surface area contributed by atoms with Gasteiger partial charge in [0.05, 0.1) is 6.61 Å². The van der Waals surface area contributed by atoms with E-state index in [4.69, 9.17) is 10.5 Å². The molecule has 0 fully saturated rings. The largest absolute Gasteiger partial charge is 0.383 e. The molecule has 0 aromatic heterocycles. The Hall–Kier alpha value is -1.14. The number of carbonyl (C=O) groups is 2. The summed E-state index contributed by atoms with van der Waals surface area (Å²) in [4.78, 5) is 22.4. The molecule has 0 radical (unpaired) electrons. The lowest BCUT2D eigenvalue weighted by molar-refractivity contribution is -0.128. The van der Waals surface area contributed by atoms with Crippen LogP contribution >= 0.6 is 0 Å². The Balaban J connectivity index is 3.73. The van der Waals surface area contributed by atoms with Gasteiger partial charge in [-0.25, -0.2) is 0 Å². The molecule has 0 aromatic rings. The molecule has 0 aliphatic carbocycles. The van der Waals surface area contributed by atoms with Crippen LogP contribution in [0.2, 0.25) is 0 Å². The second-order valence-corrected chi connectivity index (χ2v) is 3.11. The quantitative estimate of drug-likeness (QED) is 0.457. The number of hydrogen-bond acceptors (Lipinski definition) is 4. The molecule has 0 rings (SSSR count). The molecule has 1 atom stereocenters. The van der Waals surface area contributed by atoms with Crippen LogP contribution in [-0.4, -0.2) is 44.7 Å². The number of rotatable bonds is 7. The van der Waals surface area contributed by atoms with E-state index in [9.17, 15) is 9.59 Å². The van der Waals surface area contributed by atoms with Crippen molar-refractivity contribution >= 4 is 11.8 Å². The van der Waals surface area contributed by atoms with Gasteiger partial charge in [-0.3, -0.25) is 9.59 Å². The lowest BCUT2D eigenvalue weighted by Crippen LogP contribution is -2.45. The van der Waals surface area contributed by atoms with Crippen LogP contribution in [0, 0.1) is 0 Å². The Morgan fingerprint density at radius 2 is 2.13 bits per heavy atom. The van der Waals surface area contributed by atoms with E-state index in [1.54, 1.807) is 14.0 Å². The topological polar surface area (TPSA) is 93.5 Å². The standard InChI is InChI=1S/C9H19N3O3/c1-7(12-8(13)3-4-10)9(14)11-5-6-15-2/h7H,3-6,10H2,1-2H3,(H,11,14)(H,12,13). The van der Waals surface area contributed by atoms with Crippen LogP contribution in [0.15, 0.2) is 0 Å². The molecule has 0 saturated heterocycles. The summed E-state index contributed by atoms with van der Waals surface area (Å²) in [5.74, 6) is -0.440. The first-order valence-corrected chi connectivity index (χ1v) is 4.88. The Morgan fingerprint density at radius 1 is 1.47 bits per heavy atom. The van der Waals surface area contributed by atoms with Crippen LogP contribution in [0.25, 0.3) is 0 Å². The maximum Gasteiger partial charge on any atom is 0.242 e. The second-order valence-electron chi connectivity index (χ2n) is 3.11. The van der Waals surface area contributed by atoms with Gasteiger partial charge in [-0.1, -0.05) is 0 Å². The minimum Gasteiger partial charge on any atom is -0.383 e. The average Bonchev–Trinajstić information content (AvgIpc) is 2.18. The number of nitrogens with two attached hydrogens (primary N) is 1. The van der Waals surface area contributed by atoms with Crippen molar-refractivity contribution in [2.24, 2.45) is 5.73 Å². The van der Waals surface area contributed by atoms with Crippen LogP contribution in [0.4, 0.5) is 0 Å². The highest BCUT2D eigenvalue weighted by atomic mass is 16.5. The van der Waals surface area contributed by atoms with Crippen LogP contribution in [0.1, 0.15) is 13.3 Å². The van der Waals surface area contributed by atoms with Crippen molar-refractivity contribution in [1.29, 1.82) is 0 Å². The van der Waals surface area contributed by atoms with Crippen molar-refractivity contribution < 1.29 is 14.3 Å². The number of amides is 2. The lowest BCUT2D eigenvalue weighted by atomic mass is 10.3. The Labute approximate surface area is 89.5 Å². The molecule has 0 spiro atoms. The smallest absolute Gasteiger partial charge is 0.242 e. The van der Waals surface area contributed by atoms with Crippen LogP contribution in [-0.2, 0) is 14.3 Å². The fourth-order valence-corrected chi connectivity index (χ4v) is 0.940. The number of ether oxygens (including phenoxy) is 1. The molecule has 1 unspecified atom stereocenters. The van der Waals surface area contributed by atoms with Gasteiger partial charge in [0.15, 0.2) is 0 Å². The van der Waals surface area contributed by atoms with Gasteiger partial charge in [0, 0.05) is 26.6 Å². The highest BCUT2D eigenvalue weighted by Crippen LogP contribution is 1.84. The molecule has 88 valence electrons. The lowest BCUT2D eigenvalue weighted by Gasteiger charge is -2.13. The third kappa shape index (κ3) is 6.87. The van der Waals surface area contributed by atoms with E-state index in [0.717, 1.165) is 0 Å². The summed E-state index contributed by atoms with van der Waals surface area (Å²) < 4.78 is 4.77. The first kappa shape index (κ1) is 13.9. The predicted molar refractivity (Wildman–Crippen MR) is 56.2 cm³/mol. The summed E-state index contributed by atoms with van der Waals surface area (Å²) in [5, 5.41) is 5.16. The molecule has 15 heavy (non-hydrogen) atoms. The van der Waals surface area contributed by atoms with E-state index in [1.807, 2.05) is 0 Å². The van der Waals surface area contributed by atoms with Crippen LogP contribution in [0.5, 0.6) is 0 Å². The maximum atomic E-state index is 11.3. The van der Waals surface area contributed by atoms with Gasteiger partial charge in [-0.15, -0.1) is 0 Å². The van der Waals surface area contributed by atoms with Gasteiger partial charge in [-0.2, -0.15) is 0 Å². The number of nitrogens with one attached hydrogen (secondary N) is 2. The van der Waals surface area contributed by atoms with Gasteiger partial charge in [0.1, 0.15) is 6.04 Å². The van der Waals surface area contributed by atoms with Gasteiger partial charge in [-0.05, 0) is 6.92 Å². The normalized spacial score (nSPS) is 11.9. The predicted octanol–water partition coefficient (Wildman–Crippen LogP) is -1.40. The van der Waals surface area contributed by atoms with E-state index < -0.39 is 6.04 Å². The summed E-state index contributed by atoms with van der Waals surface area (Å²) >= 11 is 0. The summed E-state index contributed by atoms with van der Waals surface area (Å²) in [6.07, 6.45) is 0.232. The zero-order chi connectivity index (χ0) is 11.7. The average molecular weight is 217 g/mol. The second kappa shape index (κ2) is 8.19. The van der Waals surface area contributed by atoms with Crippen molar-refractivity contribution in [1.82, 2.24) is 10.6 Å². The summed E-state index contributed by atoms with van der Waals surface area (Å²) in [7, 11) is 1.55. The van der Waals surface area contributed by atoms with Crippen LogP contribution < -0.4 is 16.4 Å². The van der Waals surface area contributed by atoms with Crippen molar-refractivity contribution in [3.05, 3.63) is 0 Å². The number of hydrogen-bond donors (Lipinski definition) is 3. The summed E-state index contributed by atoms with van der Waals surface area (Å²) in [6.45, 7) is 2.79. The third-order valence-corrected chi connectivity index (χ3v) is 1.75. The first-order valence-electron chi connectivity index (χ1n) is 4.88. The highest BCUT2D eigenvalue weighted by molar-refractivity contribution is 5.87. The van der Waals surface area contributed by atoms with E-state index in [2.05, 4.69) is 10.6 Å². The molecule has 0 aliphatic heterocycles. The molecular weight excluding hydrogens is 198 g/mol. The molecule has 4 N–H and O–H groups in total. The monoisotopic (exact) mass is 217 g/mol. The van der Waals surface area contributed by atoms with E-state index in [-0.39, 0.29) is 24.8 Å². The fraction of sp³-hybridized carbons (Fsp3) is 0.778. The van der Waals surface area contributed by atoms with Gasteiger partial charge in [0.2, 0.25) is 11.8 Å². The van der Waals surface area contributed by atoms with E-state index >= 15 is 0 Å². The minimum absolute atomic E-state index is 0.216. The zero-order valence-electron chi connectivity index (χ0n) is 9.21. The summed E-state index contributed by atoms with van der Waals surface area (Å²) in [5.41, 5.74) is 5.20. The van der Waals surface area contributed by atoms with Gasteiger partial charge >= 0.3 is 0 Å². The Kier molecular flexibility index (Phi) is 7.57. The maximum absolute atomic E-state index is 11.3. The van der Waals surface area contributed by atoms with Crippen LogP contribution in [0.3, 0.4) is 0 Å². The van der Waals surface area contributed by atoms with Crippen molar-refractivity contribution in [2.75, 3.05) is 26.8 Å². The molecule has 0 heterocycles. The molecule has 0 bridgehead atoms. The van der Waals surface area contributed by atoms with Gasteiger partial charge in [0.25, 0.3) is 0 Å². The van der Waals surface area contributed by atoms with Crippen molar-refractivity contribution in [3.63, 3.8) is 0 Å². The molecule has 6 heteroatoms. The molecule has 0 aliphatic rings. The zero-order valence-corrected chi connectivity index (χ0v) is 9.21. The highest BCUT2D eigenvalue weighted by Gasteiger charge is 2.13. The Morgan fingerprint density at radius 3 is 2.67 bits per heavy atom. The number of methoxy groups -OCH3 is 1. The van der Waals surface area contributed by atoms with Crippen molar-refractivity contribution in [3.8, 4) is 0 Å². The summed E-state index contributed by atoms with van der Waals surface area (Å²) in [6, 6.07) is -0.541. The molecule has 6 nitrogen and oxygen atoms in total. The molecule has 0 aromatic carbocycles. The minimum atomic E-state index is -0.541. The molecule has 2 amide bonds. The fourth-order valence-electron chi connectivity index (χ4n) is 0.940. The number of carbonyl (C=O) groups excluding carboxylic acids is 2.